The van der Waals surface area contributed by atoms with Crippen molar-refractivity contribution >= 4 is 43.3 Å². The normalized spacial score (nSPS) is 20.8. The Balaban J connectivity index is 1.56. The van der Waals surface area contributed by atoms with Gasteiger partial charge in [0.15, 0.2) is 5.43 Å². The third kappa shape index (κ3) is 2.17. The maximum Gasteiger partial charge on any atom is 0.209 e. The van der Waals surface area contributed by atoms with Gasteiger partial charge in [-0.15, -0.1) is 11.3 Å². The summed E-state index contributed by atoms with van der Waals surface area (Å²) in [6.07, 6.45) is 4.15. The number of hydrogen-bond acceptors (Lipinski definition) is 4. The van der Waals surface area contributed by atoms with Crippen LogP contribution in [0.2, 0.25) is 0 Å². The van der Waals surface area contributed by atoms with Crippen molar-refractivity contribution in [1.29, 1.82) is 0 Å². The number of hydrogen-bond donors (Lipinski definition) is 1. The SMILES string of the molecule is Cc1ccc2c(c1)C(C)(C)C1(C=Cc3c(ccc4sc5ccccc5c(=O)c34)O1)N2. The van der Waals surface area contributed by atoms with Crippen LogP contribution in [0.25, 0.3) is 26.2 Å². The van der Waals surface area contributed by atoms with Gasteiger partial charge in [0.2, 0.25) is 5.72 Å². The minimum atomic E-state index is -0.687. The second-order valence-electron chi connectivity index (χ2n) is 8.75. The summed E-state index contributed by atoms with van der Waals surface area (Å²) < 4.78 is 8.66. The van der Waals surface area contributed by atoms with Gasteiger partial charge >= 0.3 is 0 Å². The minimum absolute atomic E-state index is 0.0675. The summed E-state index contributed by atoms with van der Waals surface area (Å²) in [5.41, 5.74) is 3.55. The predicted octanol–water partition coefficient (Wildman–Crippen LogP) is 6.23. The summed E-state index contributed by atoms with van der Waals surface area (Å²) >= 11 is 1.65. The van der Waals surface area contributed by atoms with Crippen molar-refractivity contribution in [2.45, 2.75) is 31.9 Å². The number of rotatable bonds is 0. The molecular formula is C26H21NO2S. The highest BCUT2D eigenvalue weighted by Crippen LogP contribution is 2.51. The third-order valence-corrected chi connectivity index (χ3v) is 7.73. The van der Waals surface area contributed by atoms with Crippen LogP contribution in [-0.4, -0.2) is 5.72 Å². The number of ether oxygens (including phenoxy) is 1. The fourth-order valence-corrected chi connectivity index (χ4v) is 5.90. The highest BCUT2D eigenvalue weighted by atomic mass is 32.1. The number of nitrogens with one attached hydrogen (secondary N) is 1. The molecule has 0 amide bonds. The number of anilines is 1. The molecule has 4 heteroatoms. The van der Waals surface area contributed by atoms with E-state index in [4.69, 9.17) is 4.74 Å². The molecule has 1 spiro atoms. The first-order valence-electron chi connectivity index (χ1n) is 10.2. The zero-order valence-corrected chi connectivity index (χ0v) is 17.9. The third-order valence-electron chi connectivity index (χ3n) is 6.60. The Kier molecular flexibility index (Phi) is 3.39. The van der Waals surface area contributed by atoms with Crippen molar-refractivity contribution in [1.82, 2.24) is 0 Å². The molecule has 1 atom stereocenters. The molecule has 0 aliphatic carbocycles. The zero-order valence-electron chi connectivity index (χ0n) is 17.1. The van der Waals surface area contributed by atoms with Crippen LogP contribution in [0.5, 0.6) is 5.75 Å². The standard InChI is InChI=1S/C26H21NO2S/c1-15-8-9-19-18(14-15)25(2,3)26(27-19)13-12-16-20(29-26)10-11-22-23(16)24(28)17-6-4-5-7-21(17)30-22/h4-14,27H,1-3H3. The number of fused-ring (bicyclic) bond motifs is 5. The van der Waals surface area contributed by atoms with E-state index in [1.54, 1.807) is 11.3 Å². The van der Waals surface area contributed by atoms with Crippen molar-refractivity contribution in [3.63, 3.8) is 0 Å². The molecule has 1 N–H and O–H groups in total. The molecule has 2 aliphatic rings. The van der Waals surface area contributed by atoms with Gasteiger partial charge in [0.25, 0.3) is 0 Å². The minimum Gasteiger partial charge on any atom is -0.463 e. The molecule has 0 fully saturated rings. The number of benzene rings is 3. The second kappa shape index (κ2) is 5.73. The van der Waals surface area contributed by atoms with E-state index in [2.05, 4.69) is 56.4 Å². The van der Waals surface area contributed by atoms with Gasteiger partial charge in [-0.05, 0) is 68.8 Å². The lowest BCUT2D eigenvalue weighted by molar-refractivity contribution is 0.0826. The Morgan fingerprint density at radius 2 is 1.83 bits per heavy atom. The van der Waals surface area contributed by atoms with E-state index in [0.29, 0.717) is 0 Å². The van der Waals surface area contributed by atoms with Crippen molar-refractivity contribution in [2.75, 3.05) is 5.32 Å². The largest absolute Gasteiger partial charge is 0.463 e. The molecule has 148 valence electrons. The molecule has 0 bridgehead atoms. The van der Waals surface area contributed by atoms with Gasteiger partial charge in [0.1, 0.15) is 5.75 Å². The molecule has 2 aliphatic heterocycles. The zero-order chi connectivity index (χ0) is 20.7. The lowest BCUT2D eigenvalue weighted by Crippen LogP contribution is -2.53. The second-order valence-corrected chi connectivity index (χ2v) is 9.83. The summed E-state index contributed by atoms with van der Waals surface area (Å²) in [6, 6.07) is 18.3. The maximum atomic E-state index is 13.3. The molecule has 3 nitrogen and oxygen atoms in total. The summed E-state index contributed by atoms with van der Waals surface area (Å²) in [7, 11) is 0. The molecule has 1 unspecified atom stereocenters. The number of aryl methyl sites for hydroxylation is 1. The molecule has 6 rings (SSSR count). The predicted molar refractivity (Wildman–Crippen MR) is 126 cm³/mol. The van der Waals surface area contributed by atoms with Crippen molar-refractivity contribution < 1.29 is 4.74 Å². The van der Waals surface area contributed by atoms with Gasteiger partial charge in [-0.25, -0.2) is 0 Å². The van der Waals surface area contributed by atoms with E-state index in [1.165, 1.54) is 11.1 Å². The van der Waals surface area contributed by atoms with Crippen LogP contribution in [0.4, 0.5) is 5.69 Å². The van der Waals surface area contributed by atoms with Gasteiger partial charge in [0.05, 0.1) is 10.8 Å². The molecule has 3 heterocycles. The van der Waals surface area contributed by atoms with Gasteiger partial charge in [-0.2, -0.15) is 0 Å². The average molecular weight is 412 g/mol. The Hall–Kier alpha value is -3.11. The molecule has 0 saturated heterocycles. The Bertz CT molecular complexity index is 1460. The van der Waals surface area contributed by atoms with Crippen LogP contribution >= 0.6 is 11.3 Å². The maximum absolute atomic E-state index is 13.3. The molecule has 1 aromatic heterocycles. The van der Waals surface area contributed by atoms with Crippen LogP contribution in [0, 0.1) is 6.92 Å². The Labute approximate surface area is 178 Å². The highest BCUT2D eigenvalue weighted by Gasteiger charge is 2.54. The van der Waals surface area contributed by atoms with Crippen LogP contribution < -0.4 is 15.5 Å². The average Bonchev–Trinajstić information content (AvgIpc) is 2.94. The summed E-state index contributed by atoms with van der Waals surface area (Å²) in [5.74, 6) is 0.745. The van der Waals surface area contributed by atoms with Crippen molar-refractivity contribution in [2.24, 2.45) is 0 Å². The van der Waals surface area contributed by atoms with Crippen LogP contribution in [-0.2, 0) is 5.41 Å². The smallest absolute Gasteiger partial charge is 0.209 e. The van der Waals surface area contributed by atoms with Crippen LogP contribution in [0.15, 0.2) is 65.5 Å². The molecule has 0 radical (unpaired) electrons. The van der Waals surface area contributed by atoms with Crippen molar-refractivity contribution in [3.8, 4) is 5.75 Å². The van der Waals surface area contributed by atoms with Crippen LogP contribution in [0.3, 0.4) is 0 Å². The fraction of sp³-hybridized carbons (Fsp3) is 0.192. The molecular weight excluding hydrogens is 390 g/mol. The Morgan fingerprint density at radius 1 is 1.00 bits per heavy atom. The van der Waals surface area contributed by atoms with E-state index < -0.39 is 5.72 Å². The van der Waals surface area contributed by atoms with E-state index in [9.17, 15) is 4.79 Å². The quantitative estimate of drug-likeness (QED) is 0.349. The van der Waals surface area contributed by atoms with Gasteiger partial charge in [-0.3, -0.25) is 4.79 Å². The van der Waals surface area contributed by atoms with E-state index in [-0.39, 0.29) is 10.8 Å². The molecule has 30 heavy (non-hydrogen) atoms. The van der Waals surface area contributed by atoms with E-state index in [0.717, 1.165) is 37.2 Å². The van der Waals surface area contributed by atoms with Gasteiger partial charge in [0, 0.05) is 26.0 Å². The fourth-order valence-electron chi connectivity index (χ4n) is 4.80. The van der Waals surface area contributed by atoms with Crippen LogP contribution in [0.1, 0.15) is 30.5 Å². The summed E-state index contributed by atoms with van der Waals surface area (Å²) in [4.78, 5) is 13.3. The lowest BCUT2D eigenvalue weighted by Gasteiger charge is -2.41. The van der Waals surface area contributed by atoms with Gasteiger partial charge in [-0.1, -0.05) is 29.8 Å². The first kappa shape index (κ1) is 17.7. The summed E-state index contributed by atoms with van der Waals surface area (Å²) in [5, 5.41) is 5.12. The van der Waals surface area contributed by atoms with E-state index in [1.807, 2.05) is 36.4 Å². The molecule has 3 aromatic carbocycles. The van der Waals surface area contributed by atoms with Gasteiger partial charge < -0.3 is 10.1 Å². The Morgan fingerprint density at radius 3 is 2.70 bits per heavy atom. The molecule has 0 saturated carbocycles. The molecule has 4 aromatic rings. The first-order chi connectivity index (χ1) is 14.4. The summed E-state index contributed by atoms with van der Waals surface area (Å²) in [6.45, 7) is 6.52. The topological polar surface area (TPSA) is 38.3 Å². The lowest BCUT2D eigenvalue weighted by atomic mass is 9.76. The van der Waals surface area contributed by atoms with Crippen molar-refractivity contribution in [3.05, 3.63) is 87.6 Å². The van der Waals surface area contributed by atoms with E-state index >= 15 is 0 Å². The highest BCUT2D eigenvalue weighted by molar-refractivity contribution is 7.24. The monoisotopic (exact) mass is 411 g/mol. The first-order valence-corrected chi connectivity index (χ1v) is 11.0.